The molecule has 5 aromatic heterocycles. The normalized spacial score (nSPS) is 14.5. The fraction of sp³-hybridized carbons (Fsp3) is 0.0152. The van der Waals surface area contributed by atoms with Crippen LogP contribution in [0.5, 0.6) is 11.5 Å². The van der Waals surface area contributed by atoms with Crippen LogP contribution in [0.1, 0.15) is 22.3 Å². The van der Waals surface area contributed by atoms with E-state index in [0.717, 1.165) is 106 Å². The van der Waals surface area contributed by atoms with Crippen molar-refractivity contribution in [1.82, 2.24) is 23.7 Å². The van der Waals surface area contributed by atoms with Crippen LogP contribution in [0.25, 0.3) is 110 Å². The van der Waals surface area contributed by atoms with E-state index in [0.29, 0.717) is 5.69 Å². The highest BCUT2D eigenvalue weighted by Gasteiger charge is 2.52. The molecule has 73 heavy (non-hydrogen) atoms. The van der Waals surface area contributed by atoms with E-state index in [1.165, 1.54) is 32.6 Å². The first-order chi connectivity index (χ1) is 36.2. The maximum Gasteiger partial charge on any atom is 0.188 e. The third-order valence-electron chi connectivity index (χ3n) is 15.6. The lowest BCUT2D eigenvalue weighted by atomic mass is 9.66. The Morgan fingerprint density at radius 1 is 0.370 bits per heavy atom. The van der Waals surface area contributed by atoms with Gasteiger partial charge in [-0.25, -0.2) is 4.85 Å². The number of para-hydroxylation sites is 5. The number of hydrogen-bond acceptors (Lipinski definition) is 3. The maximum atomic E-state index is 7.80. The molecule has 1 unspecified atom stereocenters. The first-order valence-electron chi connectivity index (χ1n) is 24.6. The number of aromatic nitrogens is 5. The van der Waals surface area contributed by atoms with E-state index in [1.807, 2.05) is 36.7 Å². The molecule has 338 valence electrons. The Bertz CT molecular complexity index is 4700. The minimum absolute atomic E-state index is 0.611. The number of ether oxygens (including phenoxy) is 1. The molecular weight excluding hydrogens is 893 g/mol. The second-order valence-electron chi connectivity index (χ2n) is 19.2. The summed E-state index contributed by atoms with van der Waals surface area (Å²) in [6, 6.07) is 78.0. The summed E-state index contributed by atoms with van der Waals surface area (Å²) in [6.45, 7) is 7.80. The molecular formula is C66H38N6O. The molecule has 0 amide bonds. The molecule has 0 saturated heterocycles. The molecule has 2 aliphatic rings. The van der Waals surface area contributed by atoms with Gasteiger partial charge in [-0.15, -0.1) is 0 Å². The molecule has 9 aromatic carbocycles. The van der Waals surface area contributed by atoms with Gasteiger partial charge in [-0.1, -0.05) is 121 Å². The van der Waals surface area contributed by atoms with Gasteiger partial charge in [0.15, 0.2) is 5.69 Å². The molecule has 1 aliphatic carbocycles. The maximum absolute atomic E-state index is 7.80. The Balaban J connectivity index is 0.891. The molecule has 6 heterocycles. The van der Waals surface area contributed by atoms with E-state index in [4.69, 9.17) is 21.3 Å². The summed E-state index contributed by atoms with van der Waals surface area (Å²) in [6.07, 6.45) is 3.84. The molecule has 0 saturated carbocycles. The Morgan fingerprint density at radius 3 is 1.58 bits per heavy atom. The van der Waals surface area contributed by atoms with Crippen LogP contribution in [-0.4, -0.2) is 23.7 Å². The lowest BCUT2D eigenvalue weighted by molar-refractivity contribution is 0.436. The van der Waals surface area contributed by atoms with Crippen molar-refractivity contribution in [2.75, 3.05) is 0 Å². The van der Waals surface area contributed by atoms with E-state index in [-0.39, 0.29) is 0 Å². The van der Waals surface area contributed by atoms with Gasteiger partial charge in [0.25, 0.3) is 0 Å². The SMILES string of the molecule is [C-]#[N+]c1ccc2c(c1)c1ccccc1n2-c1cnc2c(c1)C1(c3ccccc3Oc3ccc(-c4ccc5c(c4)c4ccccc4n5-c4cccc(-n5c6ccccc6c6ccccc65)c4)cc31)c1cccnc1-2. The van der Waals surface area contributed by atoms with Crippen LogP contribution >= 0.6 is 0 Å². The molecule has 0 N–H and O–H groups in total. The van der Waals surface area contributed by atoms with Gasteiger partial charge in [0, 0.05) is 61.2 Å². The van der Waals surface area contributed by atoms with Crippen LogP contribution in [0.3, 0.4) is 0 Å². The van der Waals surface area contributed by atoms with Gasteiger partial charge in [-0.05, 0) is 119 Å². The average Bonchev–Trinajstić information content (AvgIpc) is 4.17. The van der Waals surface area contributed by atoms with Gasteiger partial charge < -0.3 is 18.4 Å². The Kier molecular flexibility index (Phi) is 8.04. The Morgan fingerprint density at radius 2 is 0.890 bits per heavy atom. The van der Waals surface area contributed by atoms with E-state index in [1.54, 1.807) is 0 Å². The van der Waals surface area contributed by atoms with E-state index in [2.05, 4.69) is 213 Å². The van der Waals surface area contributed by atoms with E-state index in [9.17, 15) is 0 Å². The molecule has 7 heteroatoms. The van der Waals surface area contributed by atoms with E-state index < -0.39 is 5.41 Å². The molecule has 0 fully saturated rings. The standard InChI is InChI=1S/C66H38N6O/c1-67-42-29-31-61-51(36-42)49-19-5-10-25-59(49)72(61)45-38-55-65(69-39-45)64-53(21-13-33-68-64)66(55)52-20-6-11-26-62(52)73-63-32-28-41(35-54(63)66)40-27-30-60-50(34-40)48-18-4-9-24-58(48)71(60)44-15-12-14-43(37-44)70-56-22-7-2-16-46(56)47-17-3-8-23-57(47)70/h2-39H. The van der Waals surface area contributed by atoms with E-state index >= 15 is 0 Å². The Hall–Kier alpha value is -10.0. The summed E-state index contributed by atoms with van der Waals surface area (Å²) < 4.78 is 14.0. The third-order valence-corrected chi connectivity index (χ3v) is 15.6. The second kappa shape index (κ2) is 14.8. The number of pyridine rings is 2. The largest absolute Gasteiger partial charge is 0.457 e. The van der Waals surface area contributed by atoms with Gasteiger partial charge in [0.05, 0.1) is 68.4 Å². The van der Waals surface area contributed by atoms with Crippen molar-refractivity contribution in [2.45, 2.75) is 5.41 Å². The molecule has 14 aromatic rings. The number of fused-ring (bicyclic) bond motifs is 18. The quantitative estimate of drug-likeness (QED) is 0.165. The van der Waals surface area contributed by atoms with Crippen LogP contribution in [0.2, 0.25) is 0 Å². The Labute approximate surface area is 418 Å². The fourth-order valence-corrected chi connectivity index (χ4v) is 12.6. The van der Waals surface area contributed by atoms with Crippen molar-refractivity contribution >= 4 is 71.1 Å². The van der Waals surface area contributed by atoms with Crippen molar-refractivity contribution in [1.29, 1.82) is 0 Å². The lowest BCUT2D eigenvalue weighted by Gasteiger charge is -2.39. The number of nitrogens with zero attached hydrogens (tertiary/aromatic N) is 6. The number of rotatable bonds is 4. The molecule has 1 spiro atoms. The number of hydrogen-bond donors (Lipinski definition) is 0. The zero-order valence-electron chi connectivity index (χ0n) is 39.0. The molecule has 0 radical (unpaired) electrons. The number of benzene rings is 9. The van der Waals surface area contributed by atoms with Crippen LogP contribution < -0.4 is 4.74 Å². The summed E-state index contributed by atoms with van der Waals surface area (Å²) in [5.74, 6) is 1.59. The van der Waals surface area contributed by atoms with Crippen molar-refractivity contribution < 1.29 is 4.74 Å². The summed E-state index contributed by atoms with van der Waals surface area (Å²) >= 11 is 0. The molecule has 16 rings (SSSR count). The summed E-state index contributed by atoms with van der Waals surface area (Å²) in [7, 11) is 0. The molecule has 1 atom stereocenters. The highest BCUT2D eigenvalue weighted by atomic mass is 16.5. The minimum Gasteiger partial charge on any atom is -0.457 e. The van der Waals surface area contributed by atoms with Crippen molar-refractivity contribution in [3.63, 3.8) is 0 Å². The zero-order valence-corrected chi connectivity index (χ0v) is 39.0. The average molecular weight is 931 g/mol. The van der Waals surface area contributed by atoms with Gasteiger partial charge in [0.1, 0.15) is 11.5 Å². The third kappa shape index (κ3) is 5.36. The second-order valence-corrected chi connectivity index (χ2v) is 19.2. The topological polar surface area (TPSA) is 54.2 Å². The predicted molar refractivity (Wildman–Crippen MR) is 294 cm³/mol. The predicted octanol–water partition coefficient (Wildman–Crippen LogP) is 16.5. The van der Waals surface area contributed by atoms with Gasteiger partial charge in [0.2, 0.25) is 0 Å². The first kappa shape index (κ1) is 39.8. The monoisotopic (exact) mass is 930 g/mol. The van der Waals surface area contributed by atoms with Crippen LogP contribution in [0.4, 0.5) is 5.69 Å². The van der Waals surface area contributed by atoms with Crippen LogP contribution in [0.15, 0.2) is 231 Å². The highest BCUT2D eigenvalue weighted by Crippen LogP contribution is 2.62. The highest BCUT2D eigenvalue weighted by molar-refractivity contribution is 6.12. The molecule has 7 nitrogen and oxygen atoms in total. The van der Waals surface area contributed by atoms with Crippen molar-refractivity contribution in [3.05, 3.63) is 264 Å². The lowest BCUT2D eigenvalue weighted by Crippen LogP contribution is -2.32. The minimum atomic E-state index is -0.820. The zero-order chi connectivity index (χ0) is 47.9. The smallest absolute Gasteiger partial charge is 0.188 e. The van der Waals surface area contributed by atoms with Crippen LogP contribution in [0, 0.1) is 6.57 Å². The molecule has 0 bridgehead atoms. The van der Waals surface area contributed by atoms with Gasteiger partial charge in [-0.3, -0.25) is 9.97 Å². The van der Waals surface area contributed by atoms with Gasteiger partial charge >= 0.3 is 0 Å². The van der Waals surface area contributed by atoms with Crippen molar-refractivity contribution in [2.24, 2.45) is 0 Å². The summed E-state index contributed by atoms with van der Waals surface area (Å²) in [5, 5.41) is 6.97. The first-order valence-corrected chi connectivity index (χ1v) is 24.6. The summed E-state index contributed by atoms with van der Waals surface area (Å²) in [5.41, 5.74) is 17.7. The van der Waals surface area contributed by atoms with Crippen molar-refractivity contribution in [3.8, 4) is 51.1 Å². The van der Waals surface area contributed by atoms with Crippen LogP contribution in [-0.2, 0) is 5.41 Å². The van der Waals surface area contributed by atoms with Gasteiger partial charge in [-0.2, -0.15) is 0 Å². The summed E-state index contributed by atoms with van der Waals surface area (Å²) in [4.78, 5) is 14.2. The molecule has 1 aliphatic heterocycles. The fourth-order valence-electron chi connectivity index (χ4n) is 12.6.